The average Bonchev–Trinajstić information content (AvgIpc) is 3.39. The van der Waals surface area contributed by atoms with Crippen LogP contribution in [0.15, 0.2) is 84.9 Å². The molecule has 0 spiro atoms. The number of rotatable bonds is 12. The van der Waals surface area contributed by atoms with Crippen LogP contribution in [0.2, 0.25) is 0 Å². The first-order valence-electron chi connectivity index (χ1n) is 14.2. The highest BCUT2D eigenvalue weighted by Crippen LogP contribution is 2.20. The number of amides is 4. The third kappa shape index (κ3) is 8.63. The summed E-state index contributed by atoms with van der Waals surface area (Å²) in [6.45, 7) is 0.135. The lowest BCUT2D eigenvalue weighted by Gasteiger charge is -2.29. The molecular formula is C32H38N6O5. The summed E-state index contributed by atoms with van der Waals surface area (Å²) in [5.41, 5.74) is 20.4. The Bertz CT molecular complexity index is 1400. The Morgan fingerprint density at radius 2 is 1.33 bits per heavy atom. The molecule has 4 amide bonds. The SMILES string of the molecule is NC(=O)[C@H](Cc1ccccc1)NC(=O)[C@@H](Cc1ccccc1)NC(=O)[C@@H]1C[C@H](N)CN1C(=O)[C@@H](N)Cc1ccc(O)cc1. The van der Waals surface area contributed by atoms with E-state index in [9.17, 15) is 24.3 Å². The molecule has 1 aliphatic rings. The minimum Gasteiger partial charge on any atom is -0.508 e. The maximum Gasteiger partial charge on any atom is 0.243 e. The predicted molar refractivity (Wildman–Crippen MR) is 161 cm³/mol. The average molecular weight is 587 g/mol. The Labute approximate surface area is 250 Å². The van der Waals surface area contributed by atoms with Crippen LogP contribution in [0.5, 0.6) is 5.75 Å². The van der Waals surface area contributed by atoms with Gasteiger partial charge in [-0.05, 0) is 41.7 Å². The number of phenolic OH excluding ortho intramolecular Hbond substituents is 1. The number of aromatic hydroxyl groups is 1. The van der Waals surface area contributed by atoms with E-state index in [0.717, 1.165) is 16.7 Å². The molecule has 1 saturated heterocycles. The van der Waals surface area contributed by atoms with Crippen LogP contribution in [0.1, 0.15) is 23.1 Å². The van der Waals surface area contributed by atoms with E-state index in [2.05, 4.69) is 10.6 Å². The first-order valence-corrected chi connectivity index (χ1v) is 14.2. The maximum absolute atomic E-state index is 13.6. The summed E-state index contributed by atoms with van der Waals surface area (Å²) in [5.74, 6) is -2.18. The monoisotopic (exact) mass is 586 g/mol. The van der Waals surface area contributed by atoms with Crippen LogP contribution in [0.4, 0.5) is 0 Å². The van der Waals surface area contributed by atoms with Crippen molar-refractivity contribution in [2.75, 3.05) is 6.54 Å². The molecule has 0 unspecified atom stereocenters. The summed E-state index contributed by atoms with van der Waals surface area (Å²) in [5, 5.41) is 15.0. The lowest BCUT2D eigenvalue weighted by molar-refractivity contribution is -0.140. The molecule has 0 radical (unpaired) electrons. The minimum absolute atomic E-state index is 0.0993. The lowest BCUT2D eigenvalue weighted by atomic mass is 10.0. The third-order valence-electron chi connectivity index (χ3n) is 7.49. The van der Waals surface area contributed by atoms with Crippen molar-refractivity contribution in [1.82, 2.24) is 15.5 Å². The molecule has 3 aromatic rings. The molecule has 4 rings (SSSR count). The molecule has 0 bridgehead atoms. The molecule has 0 aromatic heterocycles. The molecule has 43 heavy (non-hydrogen) atoms. The predicted octanol–water partition coefficient (Wildman–Crippen LogP) is 0.131. The molecule has 226 valence electrons. The molecule has 0 saturated carbocycles. The summed E-state index contributed by atoms with van der Waals surface area (Å²) in [6, 6.07) is 20.2. The van der Waals surface area contributed by atoms with Gasteiger partial charge in [0.1, 0.15) is 23.9 Å². The molecule has 9 N–H and O–H groups in total. The number of carbonyl (C=O) groups excluding carboxylic acids is 4. The van der Waals surface area contributed by atoms with Gasteiger partial charge in [-0.15, -0.1) is 0 Å². The number of nitrogens with one attached hydrogen (secondary N) is 2. The Kier molecular flexibility index (Phi) is 10.5. The molecule has 5 atom stereocenters. The number of nitrogens with two attached hydrogens (primary N) is 3. The van der Waals surface area contributed by atoms with Crippen LogP contribution in [-0.2, 0) is 38.4 Å². The summed E-state index contributed by atoms with van der Waals surface area (Å²) >= 11 is 0. The molecule has 1 heterocycles. The van der Waals surface area contributed by atoms with Crippen molar-refractivity contribution >= 4 is 23.6 Å². The lowest BCUT2D eigenvalue weighted by Crippen LogP contribution is -2.58. The van der Waals surface area contributed by atoms with E-state index < -0.39 is 53.8 Å². The van der Waals surface area contributed by atoms with E-state index in [0.29, 0.717) is 0 Å². The number of benzene rings is 3. The maximum atomic E-state index is 13.6. The van der Waals surface area contributed by atoms with E-state index in [1.807, 2.05) is 60.7 Å². The van der Waals surface area contributed by atoms with Crippen molar-refractivity contribution in [2.24, 2.45) is 17.2 Å². The highest BCUT2D eigenvalue weighted by atomic mass is 16.3. The Morgan fingerprint density at radius 1 is 0.791 bits per heavy atom. The number of likely N-dealkylation sites (tertiary alicyclic amines) is 1. The van der Waals surface area contributed by atoms with E-state index in [-0.39, 0.29) is 38.0 Å². The van der Waals surface area contributed by atoms with Gasteiger partial charge < -0.3 is 37.8 Å². The van der Waals surface area contributed by atoms with Crippen LogP contribution >= 0.6 is 0 Å². The van der Waals surface area contributed by atoms with Gasteiger partial charge in [0.05, 0.1) is 6.04 Å². The van der Waals surface area contributed by atoms with Crippen LogP contribution in [0.25, 0.3) is 0 Å². The highest BCUT2D eigenvalue weighted by molar-refractivity contribution is 5.95. The number of hydrogen-bond donors (Lipinski definition) is 6. The zero-order valence-electron chi connectivity index (χ0n) is 23.8. The minimum atomic E-state index is -1.06. The number of primary amides is 1. The van der Waals surface area contributed by atoms with Gasteiger partial charge in [-0.3, -0.25) is 19.2 Å². The molecule has 1 aliphatic heterocycles. The molecular weight excluding hydrogens is 548 g/mol. The zero-order chi connectivity index (χ0) is 30.9. The second-order valence-corrected chi connectivity index (χ2v) is 10.9. The quantitative estimate of drug-likeness (QED) is 0.174. The van der Waals surface area contributed by atoms with E-state index in [1.165, 1.54) is 17.0 Å². The number of hydrogen-bond acceptors (Lipinski definition) is 7. The van der Waals surface area contributed by atoms with Crippen molar-refractivity contribution in [2.45, 2.75) is 55.9 Å². The molecule has 1 fully saturated rings. The topological polar surface area (TPSA) is 194 Å². The van der Waals surface area contributed by atoms with Crippen molar-refractivity contribution in [3.8, 4) is 5.75 Å². The largest absolute Gasteiger partial charge is 0.508 e. The summed E-state index contributed by atoms with van der Waals surface area (Å²) in [6.07, 6.45) is 0.726. The van der Waals surface area contributed by atoms with Crippen LogP contribution in [-0.4, -0.2) is 70.4 Å². The molecule has 3 aromatic carbocycles. The van der Waals surface area contributed by atoms with E-state index >= 15 is 0 Å². The fraction of sp³-hybridized carbons (Fsp3) is 0.312. The van der Waals surface area contributed by atoms with Gasteiger partial charge >= 0.3 is 0 Å². The van der Waals surface area contributed by atoms with Gasteiger partial charge in [0.25, 0.3) is 0 Å². The van der Waals surface area contributed by atoms with Gasteiger partial charge in [0.2, 0.25) is 23.6 Å². The van der Waals surface area contributed by atoms with Crippen LogP contribution < -0.4 is 27.8 Å². The number of nitrogens with zero attached hydrogens (tertiary/aromatic N) is 1. The summed E-state index contributed by atoms with van der Waals surface area (Å²) < 4.78 is 0. The second-order valence-electron chi connectivity index (χ2n) is 10.9. The fourth-order valence-corrected chi connectivity index (χ4v) is 5.22. The van der Waals surface area contributed by atoms with Gasteiger partial charge in [-0.1, -0.05) is 72.8 Å². The normalized spacial score (nSPS) is 18.3. The van der Waals surface area contributed by atoms with Crippen molar-refractivity contribution in [1.29, 1.82) is 0 Å². The van der Waals surface area contributed by atoms with Crippen molar-refractivity contribution in [3.05, 3.63) is 102 Å². The first kappa shape index (κ1) is 31.2. The van der Waals surface area contributed by atoms with Gasteiger partial charge in [0.15, 0.2) is 0 Å². The van der Waals surface area contributed by atoms with E-state index in [4.69, 9.17) is 17.2 Å². The smallest absolute Gasteiger partial charge is 0.243 e. The van der Waals surface area contributed by atoms with Crippen LogP contribution in [0.3, 0.4) is 0 Å². The standard InChI is InChI=1S/C32H38N6O5/c33-23-18-28(38(19-23)32(43)25(34)15-22-11-13-24(39)14-12-22)31(42)37-27(17-21-9-5-2-6-10-21)30(41)36-26(29(35)40)16-20-7-3-1-4-8-20/h1-14,23,25-28,39H,15-19,33-34H2,(H2,35,40)(H,36,41)(H,37,42)/t23-,25-,26-,27+,28-/m0/s1. The zero-order valence-corrected chi connectivity index (χ0v) is 23.8. The van der Waals surface area contributed by atoms with E-state index in [1.54, 1.807) is 12.1 Å². The fourth-order valence-electron chi connectivity index (χ4n) is 5.22. The second kappa shape index (κ2) is 14.4. The van der Waals surface area contributed by atoms with Gasteiger partial charge in [-0.2, -0.15) is 0 Å². The van der Waals surface area contributed by atoms with Crippen molar-refractivity contribution < 1.29 is 24.3 Å². The number of carbonyl (C=O) groups is 4. The van der Waals surface area contributed by atoms with Crippen molar-refractivity contribution in [3.63, 3.8) is 0 Å². The molecule has 11 nitrogen and oxygen atoms in total. The molecule has 0 aliphatic carbocycles. The summed E-state index contributed by atoms with van der Waals surface area (Å²) in [7, 11) is 0. The Morgan fingerprint density at radius 3 is 1.88 bits per heavy atom. The van der Waals surface area contributed by atoms with Crippen LogP contribution in [0, 0.1) is 0 Å². The number of phenols is 1. The molecule has 11 heteroatoms. The highest BCUT2D eigenvalue weighted by Gasteiger charge is 2.41. The van der Waals surface area contributed by atoms with Gasteiger partial charge in [0, 0.05) is 25.4 Å². The third-order valence-corrected chi connectivity index (χ3v) is 7.49. The van der Waals surface area contributed by atoms with Gasteiger partial charge in [-0.25, -0.2) is 0 Å². The first-order chi connectivity index (χ1) is 20.6. The summed E-state index contributed by atoms with van der Waals surface area (Å²) in [4.78, 5) is 54.2. The Balaban J connectivity index is 1.49. The Hall–Kier alpha value is -4.74.